The molecular formula is C16H29NO3. The van der Waals surface area contributed by atoms with Gasteiger partial charge in [0.25, 0.3) is 0 Å². The lowest BCUT2D eigenvalue weighted by Gasteiger charge is -2.44. The van der Waals surface area contributed by atoms with Gasteiger partial charge >= 0.3 is 5.97 Å². The van der Waals surface area contributed by atoms with Crippen LogP contribution in [-0.2, 0) is 9.59 Å². The number of carboxylic acid groups (broad SMARTS) is 1. The summed E-state index contributed by atoms with van der Waals surface area (Å²) < 4.78 is 0. The van der Waals surface area contributed by atoms with Crippen LogP contribution in [0.2, 0.25) is 0 Å². The number of nitrogens with one attached hydrogen (secondary N) is 1. The van der Waals surface area contributed by atoms with Crippen molar-refractivity contribution in [3.05, 3.63) is 0 Å². The molecule has 0 saturated heterocycles. The van der Waals surface area contributed by atoms with E-state index in [4.69, 9.17) is 5.11 Å². The van der Waals surface area contributed by atoms with Crippen molar-refractivity contribution in [2.75, 3.05) is 0 Å². The fourth-order valence-electron chi connectivity index (χ4n) is 3.35. The third kappa shape index (κ3) is 3.74. The molecule has 116 valence electrons. The number of rotatable bonds is 8. The van der Waals surface area contributed by atoms with E-state index in [1.807, 2.05) is 0 Å². The first kappa shape index (κ1) is 17.0. The van der Waals surface area contributed by atoms with Crippen LogP contribution in [0.5, 0.6) is 0 Å². The Morgan fingerprint density at radius 1 is 1.25 bits per heavy atom. The molecule has 0 radical (unpaired) electrons. The number of carbonyl (C=O) groups excluding carboxylic acids is 1. The Morgan fingerprint density at radius 3 is 2.10 bits per heavy atom. The SMILES string of the molecule is CCC(CC)(CC(C)C)C(=O)NC1(CC(=O)O)CCC1. The molecular weight excluding hydrogens is 254 g/mol. The second-order valence-corrected chi connectivity index (χ2v) is 6.74. The third-order valence-electron chi connectivity index (χ3n) is 4.81. The van der Waals surface area contributed by atoms with Crippen molar-refractivity contribution in [1.29, 1.82) is 0 Å². The lowest BCUT2D eigenvalue weighted by Crippen LogP contribution is -2.58. The fourth-order valence-corrected chi connectivity index (χ4v) is 3.35. The van der Waals surface area contributed by atoms with Crippen molar-refractivity contribution in [3.8, 4) is 0 Å². The summed E-state index contributed by atoms with van der Waals surface area (Å²) in [5, 5.41) is 12.1. The van der Waals surface area contributed by atoms with E-state index in [1.165, 1.54) is 0 Å². The maximum absolute atomic E-state index is 12.7. The summed E-state index contributed by atoms with van der Waals surface area (Å²) in [5.41, 5.74) is -0.843. The summed E-state index contributed by atoms with van der Waals surface area (Å²) in [6.07, 6.45) is 5.09. The monoisotopic (exact) mass is 283 g/mol. The molecule has 1 aliphatic rings. The topological polar surface area (TPSA) is 66.4 Å². The maximum Gasteiger partial charge on any atom is 0.305 e. The van der Waals surface area contributed by atoms with Gasteiger partial charge in [-0.15, -0.1) is 0 Å². The Hall–Kier alpha value is -1.06. The summed E-state index contributed by atoms with van der Waals surface area (Å²) in [5.74, 6) is -0.318. The van der Waals surface area contributed by atoms with Crippen LogP contribution in [0.1, 0.15) is 72.6 Å². The molecule has 0 aromatic rings. The first-order valence-corrected chi connectivity index (χ1v) is 7.83. The molecule has 4 nitrogen and oxygen atoms in total. The number of carboxylic acids is 1. The van der Waals surface area contributed by atoms with E-state index < -0.39 is 11.5 Å². The zero-order valence-electron chi connectivity index (χ0n) is 13.3. The van der Waals surface area contributed by atoms with Crippen LogP contribution in [-0.4, -0.2) is 22.5 Å². The summed E-state index contributed by atoms with van der Waals surface area (Å²) in [4.78, 5) is 23.8. The number of amides is 1. The summed E-state index contributed by atoms with van der Waals surface area (Å²) in [7, 11) is 0. The van der Waals surface area contributed by atoms with Gasteiger partial charge in [-0.2, -0.15) is 0 Å². The second kappa shape index (κ2) is 6.59. The molecule has 1 aliphatic carbocycles. The molecule has 0 unspecified atom stereocenters. The Morgan fingerprint density at radius 2 is 1.80 bits per heavy atom. The Kier molecular flexibility index (Phi) is 5.60. The van der Waals surface area contributed by atoms with E-state index in [0.29, 0.717) is 5.92 Å². The molecule has 0 aliphatic heterocycles. The van der Waals surface area contributed by atoms with Crippen molar-refractivity contribution in [3.63, 3.8) is 0 Å². The number of hydrogen-bond acceptors (Lipinski definition) is 2. The van der Waals surface area contributed by atoms with Crippen molar-refractivity contribution in [2.45, 2.75) is 78.2 Å². The van der Waals surface area contributed by atoms with Gasteiger partial charge in [0.05, 0.1) is 12.0 Å². The third-order valence-corrected chi connectivity index (χ3v) is 4.81. The maximum atomic E-state index is 12.7. The van der Waals surface area contributed by atoms with Gasteiger partial charge in [0.2, 0.25) is 5.91 Å². The molecule has 1 saturated carbocycles. The lowest BCUT2D eigenvalue weighted by molar-refractivity contribution is -0.142. The highest BCUT2D eigenvalue weighted by Gasteiger charge is 2.44. The van der Waals surface area contributed by atoms with Crippen LogP contribution in [0.3, 0.4) is 0 Å². The zero-order valence-corrected chi connectivity index (χ0v) is 13.3. The minimum absolute atomic E-state index is 0.0456. The summed E-state index contributed by atoms with van der Waals surface area (Å²) in [6.45, 7) is 8.36. The number of carbonyl (C=O) groups is 2. The lowest BCUT2D eigenvalue weighted by atomic mass is 9.70. The molecule has 1 amide bonds. The quantitative estimate of drug-likeness (QED) is 0.718. The molecule has 0 aromatic heterocycles. The molecule has 0 heterocycles. The normalized spacial score (nSPS) is 17.6. The average Bonchev–Trinajstić information content (AvgIpc) is 2.32. The highest BCUT2D eigenvalue weighted by Crippen LogP contribution is 2.39. The average molecular weight is 283 g/mol. The van der Waals surface area contributed by atoms with Crippen molar-refractivity contribution in [2.24, 2.45) is 11.3 Å². The summed E-state index contributed by atoms with van der Waals surface area (Å²) >= 11 is 0. The van der Waals surface area contributed by atoms with Gasteiger partial charge in [-0.1, -0.05) is 27.7 Å². The van der Waals surface area contributed by atoms with Gasteiger partial charge in [0.15, 0.2) is 0 Å². The molecule has 0 bridgehead atoms. The van der Waals surface area contributed by atoms with E-state index in [9.17, 15) is 9.59 Å². The second-order valence-electron chi connectivity index (χ2n) is 6.74. The van der Waals surface area contributed by atoms with Gasteiger partial charge in [-0.05, 0) is 44.4 Å². The van der Waals surface area contributed by atoms with Crippen LogP contribution >= 0.6 is 0 Å². The molecule has 4 heteroatoms. The minimum atomic E-state index is -0.826. The van der Waals surface area contributed by atoms with Gasteiger partial charge in [0, 0.05) is 5.41 Å². The summed E-state index contributed by atoms with van der Waals surface area (Å²) in [6, 6.07) is 0. The first-order valence-electron chi connectivity index (χ1n) is 7.83. The number of hydrogen-bond donors (Lipinski definition) is 2. The van der Waals surface area contributed by atoms with E-state index in [0.717, 1.165) is 38.5 Å². The fraction of sp³-hybridized carbons (Fsp3) is 0.875. The smallest absolute Gasteiger partial charge is 0.305 e. The van der Waals surface area contributed by atoms with E-state index in [2.05, 4.69) is 33.0 Å². The molecule has 1 rings (SSSR count). The molecule has 0 aromatic carbocycles. The van der Waals surface area contributed by atoms with E-state index in [-0.39, 0.29) is 17.7 Å². The van der Waals surface area contributed by atoms with Gasteiger partial charge in [-0.25, -0.2) is 0 Å². The minimum Gasteiger partial charge on any atom is -0.481 e. The number of aliphatic carboxylic acids is 1. The van der Waals surface area contributed by atoms with Crippen molar-refractivity contribution in [1.82, 2.24) is 5.32 Å². The van der Waals surface area contributed by atoms with Crippen LogP contribution in [0.15, 0.2) is 0 Å². The predicted molar refractivity (Wildman–Crippen MR) is 79.4 cm³/mol. The Balaban J connectivity index is 2.82. The highest BCUT2D eigenvalue weighted by atomic mass is 16.4. The van der Waals surface area contributed by atoms with Crippen LogP contribution in [0.25, 0.3) is 0 Å². The van der Waals surface area contributed by atoms with Crippen molar-refractivity contribution < 1.29 is 14.7 Å². The van der Waals surface area contributed by atoms with Crippen LogP contribution in [0, 0.1) is 11.3 Å². The van der Waals surface area contributed by atoms with E-state index >= 15 is 0 Å². The van der Waals surface area contributed by atoms with Crippen molar-refractivity contribution >= 4 is 11.9 Å². The van der Waals surface area contributed by atoms with E-state index in [1.54, 1.807) is 0 Å². The molecule has 0 spiro atoms. The van der Waals surface area contributed by atoms with Gasteiger partial charge in [0.1, 0.15) is 0 Å². The first-order chi connectivity index (χ1) is 9.29. The molecule has 2 N–H and O–H groups in total. The largest absolute Gasteiger partial charge is 0.481 e. The predicted octanol–water partition coefficient (Wildman–Crippen LogP) is 3.35. The molecule has 20 heavy (non-hydrogen) atoms. The molecule has 0 atom stereocenters. The molecule has 1 fully saturated rings. The van der Waals surface area contributed by atoms with Crippen LogP contribution < -0.4 is 5.32 Å². The van der Waals surface area contributed by atoms with Gasteiger partial charge < -0.3 is 10.4 Å². The highest BCUT2D eigenvalue weighted by molar-refractivity contribution is 5.84. The Bertz CT molecular complexity index is 355. The van der Waals surface area contributed by atoms with Gasteiger partial charge in [-0.3, -0.25) is 9.59 Å². The standard InChI is InChI=1S/C16H29NO3/c1-5-15(6-2,10-12(3)4)14(20)17-16(8-7-9-16)11-13(18)19/h12H,5-11H2,1-4H3,(H,17,20)(H,18,19). The van der Waals surface area contributed by atoms with Crippen LogP contribution in [0.4, 0.5) is 0 Å². The zero-order chi connectivity index (χ0) is 15.4. The Labute approximate surface area is 122 Å².